The average molecular weight is 373 g/mol. The number of hydrogen-bond acceptors (Lipinski definition) is 5. The van der Waals surface area contributed by atoms with Gasteiger partial charge in [-0.2, -0.15) is 0 Å². The van der Waals surface area contributed by atoms with Crippen LogP contribution in [-0.4, -0.2) is 39.4 Å². The lowest BCUT2D eigenvalue weighted by Gasteiger charge is -2.13. The van der Waals surface area contributed by atoms with Gasteiger partial charge in [0, 0.05) is 5.56 Å². The first-order chi connectivity index (χ1) is 13.2. The molecule has 0 saturated heterocycles. The van der Waals surface area contributed by atoms with Gasteiger partial charge in [-0.3, -0.25) is 4.79 Å². The van der Waals surface area contributed by atoms with Gasteiger partial charge in [-0.05, 0) is 55.8 Å². The van der Waals surface area contributed by atoms with Gasteiger partial charge in [0.05, 0.1) is 26.9 Å². The Hall–Kier alpha value is -2.89. The van der Waals surface area contributed by atoms with Crippen molar-refractivity contribution in [2.24, 2.45) is 0 Å². The van der Waals surface area contributed by atoms with Crippen molar-refractivity contribution in [2.75, 3.05) is 33.5 Å². The zero-order valence-corrected chi connectivity index (χ0v) is 16.1. The van der Waals surface area contributed by atoms with Gasteiger partial charge < -0.3 is 24.3 Å². The van der Waals surface area contributed by atoms with Crippen LogP contribution in [0.2, 0.25) is 0 Å². The molecule has 6 heteroatoms. The molecule has 0 unspecified atom stereocenters. The summed E-state index contributed by atoms with van der Waals surface area (Å²) in [4.78, 5) is 12.3. The first-order valence-electron chi connectivity index (χ1n) is 9.12. The summed E-state index contributed by atoms with van der Waals surface area (Å²) in [6.07, 6.45) is 0.905. The Balaban J connectivity index is 1.86. The van der Waals surface area contributed by atoms with Crippen molar-refractivity contribution in [3.8, 4) is 23.0 Å². The van der Waals surface area contributed by atoms with Crippen LogP contribution in [-0.2, 0) is 0 Å². The first-order valence-corrected chi connectivity index (χ1v) is 9.12. The molecule has 0 spiro atoms. The van der Waals surface area contributed by atoms with Crippen molar-refractivity contribution < 1.29 is 23.7 Å². The highest BCUT2D eigenvalue weighted by molar-refractivity contribution is 5.94. The maximum atomic E-state index is 12.3. The summed E-state index contributed by atoms with van der Waals surface area (Å²) in [6.45, 7) is 5.80. The molecule has 0 atom stereocenters. The van der Waals surface area contributed by atoms with E-state index < -0.39 is 0 Å². The van der Waals surface area contributed by atoms with Crippen LogP contribution in [0.5, 0.6) is 23.0 Å². The fourth-order valence-electron chi connectivity index (χ4n) is 2.36. The van der Waals surface area contributed by atoms with Crippen molar-refractivity contribution in [3.63, 3.8) is 0 Å². The fraction of sp³-hybridized carbons (Fsp3) is 0.381. The van der Waals surface area contributed by atoms with Gasteiger partial charge in [0.1, 0.15) is 18.1 Å². The molecule has 27 heavy (non-hydrogen) atoms. The topological polar surface area (TPSA) is 66.0 Å². The van der Waals surface area contributed by atoms with Gasteiger partial charge in [-0.15, -0.1) is 0 Å². The highest BCUT2D eigenvalue weighted by Crippen LogP contribution is 2.28. The van der Waals surface area contributed by atoms with Gasteiger partial charge >= 0.3 is 0 Å². The van der Waals surface area contributed by atoms with Gasteiger partial charge in [-0.25, -0.2) is 0 Å². The number of nitrogens with one attached hydrogen (secondary N) is 1. The van der Waals surface area contributed by atoms with Crippen molar-refractivity contribution in [3.05, 3.63) is 48.0 Å². The van der Waals surface area contributed by atoms with Crippen LogP contribution < -0.4 is 24.3 Å². The van der Waals surface area contributed by atoms with Crippen LogP contribution in [0.15, 0.2) is 42.5 Å². The second-order valence-corrected chi connectivity index (χ2v) is 5.72. The van der Waals surface area contributed by atoms with E-state index >= 15 is 0 Å². The largest absolute Gasteiger partial charge is 0.497 e. The van der Waals surface area contributed by atoms with Crippen molar-refractivity contribution in [1.29, 1.82) is 0 Å². The Morgan fingerprint density at radius 1 is 0.889 bits per heavy atom. The van der Waals surface area contributed by atoms with Gasteiger partial charge in [0.2, 0.25) is 0 Å². The number of carbonyl (C=O) groups excluding carboxylic acids is 1. The molecule has 0 aliphatic rings. The van der Waals surface area contributed by atoms with Crippen LogP contribution in [0.25, 0.3) is 0 Å². The third kappa shape index (κ3) is 6.40. The highest BCUT2D eigenvalue weighted by atomic mass is 16.5. The number of carbonyl (C=O) groups is 1. The molecule has 1 amide bonds. The van der Waals surface area contributed by atoms with Crippen molar-refractivity contribution in [1.82, 2.24) is 5.32 Å². The SMILES string of the molecule is CCCOc1ccc(C(=O)NCCOc2ccc(OC)cc2)cc1OCC. The van der Waals surface area contributed by atoms with Crippen LogP contribution >= 0.6 is 0 Å². The number of rotatable bonds is 11. The van der Waals surface area contributed by atoms with E-state index in [1.165, 1.54) is 0 Å². The quantitative estimate of drug-likeness (QED) is 0.609. The number of ether oxygens (including phenoxy) is 4. The lowest BCUT2D eigenvalue weighted by molar-refractivity contribution is 0.0946. The van der Waals surface area contributed by atoms with Gasteiger partial charge in [0.15, 0.2) is 11.5 Å². The summed E-state index contributed by atoms with van der Waals surface area (Å²) in [7, 11) is 1.62. The second-order valence-electron chi connectivity index (χ2n) is 5.72. The van der Waals surface area contributed by atoms with E-state index in [9.17, 15) is 4.79 Å². The Labute approximate surface area is 160 Å². The standard InChI is InChI=1S/C21H27NO5/c1-4-13-27-19-11-6-16(15-20(19)25-5-2)21(23)22-12-14-26-18-9-7-17(24-3)8-10-18/h6-11,15H,4-5,12-14H2,1-3H3,(H,22,23). The minimum Gasteiger partial charge on any atom is -0.497 e. The minimum atomic E-state index is -0.184. The van der Waals surface area contributed by atoms with Crippen molar-refractivity contribution in [2.45, 2.75) is 20.3 Å². The zero-order valence-electron chi connectivity index (χ0n) is 16.1. The summed E-state index contributed by atoms with van der Waals surface area (Å²) < 4.78 is 21.9. The Morgan fingerprint density at radius 3 is 2.30 bits per heavy atom. The molecule has 0 radical (unpaired) electrons. The minimum absolute atomic E-state index is 0.184. The summed E-state index contributed by atoms with van der Waals surface area (Å²) in [5.41, 5.74) is 0.520. The lowest BCUT2D eigenvalue weighted by Crippen LogP contribution is -2.28. The van der Waals surface area contributed by atoms with E-state index in [2.05, 4.69) is 5.32 Å². The van der Waals surface area contributed by atoms with E-state index in [1.54, 1.807) is 25.3 Å². The second kappa shape index (κ2) is 11.0. The molecule has 2 aromatic rings. The maximum Gasteiger partial charge on any atom is 0.251 e. The summed E-state index contributed by atoms with van der Waals surface area (Å²) in [5, 5.41) is 2.84. The summed E-state index contributed by atoms with van der Waals surface area (Å²) >= 11 is 0. The molecule has 0 aromatic heterocycles. The van der Waals surface area contributed by atoms with Gasteiger partial charge in [0.25, 0.3) is 5.91 Å². The van der Waals surface area contributed by atoms with Crippen LogP contribution in [0.3, 0.4) is 0 Å². The van der Waals surface area contributed by atoms with E-state index in [4.69, 9.17) is 18.9 Å². The molecule has 0 heterocycles. The highest BCUT2D eigenvalue weighted by Gasteiger charge is 2.11. The van der Waals surface area contributed by atoms with E-state index in [0.717, 1.165) is 17.9 Å². The zero-order chi connectivity index (χ0) is 19.5. The molecule has 0 fully saturated rings. The first kappa shape index (κ1) is 20.4. The summed E-state index contributed by atoms with van der Waals surface area (Å²) in [5.74, 6) is 2.54. The number of amides is 1. The Kier molecular flexibility index (Phi) is 8.29. The lowest BCUT2D eigenvalue weighted by atomic mass is 10.2. The smallest absolute Gasteiger partial charge is 0.251 e. The fourth-order valence-corrected chi connectivity index (χ4v) is 2.36. The predicted molar refractivity (Wildman–Crippen MR) is 104 cm³/mol. The third-order valence-corrected chi connectivity index (χ3v) is 3.68. The van der Waals surface area contributed by atoms with Crippen LogP contribution in [0.4, 0.5) is 0 Å². The van der Waals surface area contributed by atoms with Crippen LogP contribution in [0, 0.1) is 0 Å². The molecule has 6 nitrogen and oxygen atoms in total. The number of benzene rings is 2. The summed E-state index contributed by atoms with van der Waals surface area (Å²) in [6, 6.07) is 12.5. The third-order valence-electron chi connectivity index (χ3n) is 3.68. The van der Waals surface area contributed by atoms with Crippen molar-refractivity contribution >= 4 is 5.91 Å². The van der Waals surface area contributed by atoms with Crippen LogP contribution in [0.1, 0.15) is 30.6 Å². The number of hydrogen-bond donors (Lipinski definition) is 1. The van der Waals surface area contributed by atoms with E-state index in [1.807, 2.05) is 38.1 Å². The van der Waals surface area contributed by atoms with E-state index in [0.29, 0.717) is 43.4 Å². The molecule has 1 N–H and O–H groups in total. The molecule has 0 aliphatic heterocycles. The monoisotopic (exact) mass is 373 g/mol. The Bertz CT molecular complexity index is 715. The molecule has 2 rings (SSSR count). The maximum absolute atomic E-state index is 12.3. The van der Waals surface area contributed by atoms with Gasteiger partial charge in [-0.1, -0.05) is 6.92 Å². The predicted octanol–water partition coefficient (Wildman–Crippen LogP) is 3.69. The normalized spacial score (nSPS) is 10.2. The molecule has 0 aliphatic carbocycles. The molecular formula is C21H27NO5. The molecule has 0 bridgehead atoms. The molecule has 2 aromatic carbocycles. The Morgan fingerprint density at radius 2 is 1.63 bits per heavy atom. The average Bonchev–Trinajstić information content (AvgIpc) is 2.70. The number of methoxy groups -OCH3 is 1. The molecule has 146 valence electrons. The molecular weight excluding hydrogens is 346 g/mol. The van der Waals surface area contributed by atoms with E-state index in [-0.39, 0.29) is 5.91 Å². The molecule has 0 saturated carbocycles.